The number of hydrogen-bond donors (Lipinski definition) is 4. The molecule has 0 radical (unpaired) electrons. The number of aromatic hydroxyl groups is 4. The molecule has 0 spiro atoms. The molecule has 0 fully saturated rings. The first-order chi connectivity index (χ1) is 17.4. The Hall–Kier alpha value is -4.32. The van der Waals surface area contributed by atoms with E-state index in [1.807, 2.05) is 18.2 Å². The average molecular weight is 483 g/mol. The summed E-state index contributed by atoms with van der Waals surface area (Å²) in [7, 11) is 3.06. The molecule has 182 valence electrons. The predicted molar refractivity (Wildman–Crippen MR) is 137 cm³/mol. The highest BCUT2D eigenvalue weighted by Gasteiger charge is 2.32. The summed E-state index contributed by atoms with van der Waals surface area (Å²) in [5.41, 5.74) is 8.34. The molecule has 2 aliphatic carbocycles. The molecule has 6 rings (SSSR count). The molecule has 0 heterocycles. The molecule has 0 unspecified atom stereocenters. The Morgan fingerprint density at radius 2 is 1.22 bits per heavy atom. The van der Waals surface area contributed by atoms with Crippen molar-refractivity contribution in [3.63, 3.8) is 0 Å². The maximum Gasteiger partial charge on any atom is 0.166 e. The van der Waals surface area contributed by atoms with E-state index in [-0.39, 0.29) is 28.7 Å². The lowest BCUT2D eigenvalue weighted by Gasteiger charge is -2.28. The van der Waals surface area contributed by atoms with Gasteiger partial charge in [-0.25, -0.2) is 0 Å². The third-order valence-corrected chi connectivity index (χ3v) is 7.43. The summed E-state index contributed by atoms with van der Waals surface area (Å²) >= 11 is 0. The van der Waals surface area contributed by atoms with Crippen LogP contribution in [0.15, 0.2) is 48.5 Å². The van der Waals surface area contributed by atoms with Crippen LogP contribution in [0, 0.1) is 0 Å². The molecule has 36 heavy (non-hydrogen) atoms. The Labute approximate surface area is 208 Å². The van der Waals surface area contributed by atoms with Crippen molar-refractivity contribution in [3.8, 4) is 67.9 Å². The van der Waals surface area contributed by atoms with Gasteiger partial charge < -0.3 is 29.9 Å². The molecule has 0 amide bonds. The molecule has 6 heteroatoms. The lowest BCUT2D eigenvalue weighted by atomic mass is 9.78. The summed E-state index contributed by atoms with van der Waals surface area (Å²) in [4.78, 5) is 0. The molecule has 4 aromatic rings. The first kappa shape index (κ1) is 22.2. The lowest BCUT2D eigenvalue weighted by Crippen LogP contribution is -2.09. The van der Waals surface area contributed by atoms with Gasteiger partial charge in [0, 0.05) is 11.1 Å². The molecule has 0 bridgehead atoms. The Morgan fingerprint density at radius 3 is 1.92 bits per heavy atom. The molecule has 0 aliphatic heterocycles. The highest BCUT2D eigenvalue weighted by Crippen LogP contribution is 2.56. The van der Waals surface area contributed by atoms with Gasteiger partial charge in [0.05, 0.1) is 19.8 Å². The van der Waals surface area contributed by atoms with E-state index in [2.05, 4.69) is 0 Å². The third kappa shape index (κ3) is 3.18. The first-order valence-corrected chi connectivity index (χ1v) is 11.9. The van der Waals surface area contributed by atoms with Gasteiger partial charge in [0.15, 0.2) is 11.5 Å². The van der Waals surface area contributed by atoms with Gasteiger partial charge in [-0.2, -0.15) is 0 Å². The van der Waals surface area contributed by atoms with E-state index in [0.29, 0.717) is 36.1 Å². The van der Waals surface area contributed by atoms with E-state index in [9.17, 15) is 20.4 Å². The number of phenolic OH excluding ortho intramolecular Hbond substituents is 4. The fourth-order valence-corrected chi connectivity index (χ4v) is 5.86. The summed E-state index contributed by atoms with van der Waals surface area (Å²) in [5, 5.41) is 42.8. The Balaban J connectivity index is 1.69. The van der Waals surface area contributed by atoms with E-state index in [0.717, 1.165) is 50.9 Å². The minimum atomic E-state index is -0.0613. The highest BCUT2D eigenvalue weighted by molar-refractivity contribution is 5.96. The van der Waals surface area contributed by atoms with Crippen molar-refractivity contribution in [2.45, 2.75) is 25.7 Å². The van der Waals surface area contributed by atoms with Crippen LogP contribution >= 0.6 is 0 Å². The number of hydrogen-bond acceptors (Lipinski definition) is 6. The third-order valence-electron chi connectivity index (χ3n) is 7.43. The van der Waals surface area contributed by atoms with Crippen molar-refractivity contribution in [1.82, 2.24) is 0 Å². The molecule has 0 saturated heterocycles. The van der Waals surface area contributed by atoms with E-state index in [4.69, 9.17) is 9.47 Å². The number of rotatable bonds is 3. The molecule has 2 aliphatic rings. The van der Waals surface area contributed by atoms with Gasteiger partial charge in [-0.3, -0.25) is 0 Å². The SMILES string of the molecule is COc1cc2c(c(-c3c(O)cc4c(c3OC)-c3ccc(O)cc3CC4)c1O)CCc1cc(O)ccc1-2. The summed E-state index contributed by atoms with van der Waals surface area (Å²) in [6, 6.07) is 14.1. The monoisotopic (exact) mass is 482 g/mol. The van der Waals surface area contributed by atoms with Crippen LogP contribution in [0.2, 0.25) is 0 Å². The van der Waals surface area contributed by atoms with E-state index < -0.39 is 0 Å². The Morgan fingerprint density at radius 1 is 0.583 bits per heavy atom. The van der Waals surface area contributed by atoms with Gasteiger partial charge in [0.25, 0.3) is 0 Å². The van der Waals surface area contributed by atoms with E-state index in [1.165, 1.54) is 7.11 Å². The van der Waals surface area contributed by atoms with Crippen LogP contribution in [0.3, 0.4) is 0 Å². The number of benzene rings is 4. The summed E-state index contributed by atoms with van der Waals surface area (Å²) < 4.78 is 11.5. The molecule has 0 aromatic heterocycles. The first-order valence-electron chi connectivity index (χ1n) is 11.9. The van der Waals surface area contributed by atoms with Crippen molar-refractivity contribution >= 4 is 0 Å². The van der Waals surface area contributed by atoms with E-state index >= 15 is 0 Å². The van der Waals surface area contributed by atoms with Crippen LogP contribution < -0.4 is 9.47 Å². The standard InChI is InChI=1S/C30H26O6/c1-35-25-14-23-20-9-6-18(31)11-15(20)5-8-22(23)27(29(25)34)28-24(33)13-17-4-3-16-12-19(32)7-10-21(16)26(17)30(28)36-2/h6-7,9-14,31-34H,3-5,8H2,1-2H3. The zero-order chi connectivity index (χ0) is 25.1. The minimum absolute atomic E-state index is 0.0232. The van der Waals surface area contributed by atoms with Gasteiger partial charge >= 0.3 is 0 Å². The van der Waals surface area contributed by atoms with Crippen LogP contribution in [-0.4, -0.2) is 34.6 Å². The number of ether oxygens (including phenoxy) is 2. The number of aryl methyl sites for hydroxylation is 3. The molecular weight excluding hydrogens is 456 g/mol. The quantitative estimate of drug-likeness (QED) is 0.298. The highest BCUT2D eigenvalue weighted by atomic mass is 16.5. The van der Waals surface area contributed by atoms with Gasteiger partial charge in [0.2, 0.25) is 0 Å². The van der Waals surface area contributed by atoms with Crippen LogP contribution in [0.4, 0.5) is 0 Å². The minimum Gasteiger partial charge on any atom is -0.508 e. The average Bonchev–Trinajstić information content (AvgIpc) is 2.87. The summed E-state index contributed by atoms with van der Waals surface area (Å²) in [6.45, 7) is 0. The second-order valence-corrected chi connectivity index (χ2v) is 9.35. The molecule has 0 atom stereocenters. The number of phenols is 4. The fourth-order valence-electron chi connectivity index (χ4n) is 5.86. The summed E-state index contributed by atoms with van der Waals surface area (Å²) in [6.07, 6.45) is 2.70. The topological polar surface area (TPSA) is 99.4 Å². The zero-order valence-electron chi connectivity index (χ0n) is 20.1. The molecule has 4 N–H and O–H groups in total. The number of methoxy groups -OCH3 is 2. The van der Waals surface area contributed by atoms with Gasteiger partial charge in [-0.05, 0) is 101 Å². The fraction of sp³-hybridized carbons (Fsp3) is 0.200. The van der Waals surface area contributed by atoms with Crippen LogP contribution in [0.1, 0.15) is 22.3 Å². The van der Waals surface area contributed by atoms with Crippen molar-refractivity contribution in [2.24, 2.45) is 0 Å². The van der Waals surface area contributed by atoms with Crippen molar-refractivity contribution < 1.29 is 29.9 Å². The van der Waals surface area contributed by atoms with Gasteiger partial charge in [0.1, 0.15) is 23.0 Å². The second kappa shape index (κ2) is 8.12. The Kier molecular flexibility index (Phi) is 5.00. The Bertz CT molecular complexity index is 1550. The van der Waals surface area contributed by atoms with Crippen LogP contribution in [0.25, 0.3) is 33.4 Å². The molecular formula is C30H26O6. The maximum atomic E-state index is 11.4. The molecule has 6 nitrogen and oxygen atoms in total. The maximum absolute atomic E-state index is 11.4. The van der Waals surface area contributed by atoms with Crippen molar-refractivity contribution in [3.05, 3.63) is 70.8 Å². The summed E-state index contributed by atoms with van der Waals surface area (Å²) in [5.74, 6) is 1.14. The zero-order valence-corrected chi connectivity index (χ0v) is 20.1. The van der Waals surface area contributed by atoms with Gasteiger partial charge in [-0.15, -0.1) is 0 Å². The van der Waals surface area contributed by atoms with Crippen LogP contribution in [-0.2, 0) is 25.7 Å². The smallest absolute Gasteiger partial charge is 0.166 e. The van der Waals surface area contributed by atoms with Crippen molar-refractivity contribution in [1.29, 1.82) is 0 Å². The molecule has 4 aromatic carbocycles. The number of fused-ring (bicyclic) bond motifs is 6. The second-order valence-electron chi connectivity index (χ2n) is 9.35. The molecule has 0 saturated carbocycles. The normalized spacial score (nSPS) is 13.3. The van der Waals surface area contributed by atoms with E-state index in [1.54, 1.807) is 37.4 Å². The largest absolute Gasteiger partial charge is 0.508 e. The van der Waals surface area contributed by atoms with Crippen molar-refractivity contribution in [2.75, 3.05) is 14.2 Å². The predicted octanol–water partition coefficient (Wildman–Crippen LogP) is 5.72. The lowest BCUT2D eigenvalue weighted by molar-refractivity contribution is 0.373. The van der Waals surface area contributed by atoms with Gasteiger partial charge in [-0.1, -0.05) is 12.1 Å². The van der Waals surface area contributed by atoms with Crippen LogP contribution in [0.5, 0.6) is 34.5 Å².